The lowest BCUT2D eigenvalue weighted by molar-refractivity contribution is -0.160. The molecule has 0 aromatic heterocycles. The van der Waals surface area contributed by atoms with Crippen LogP contribution in [0.5, 0.6) is 0 Å². The van der Waals surface area contributed by atoms with E-state index in [1.54, 1.807) is 0 Å². The minimum atomic E-state index is -0.321. The topological polar surface area (TPSA) is 58.6 Å². The van der Waals surface area contributed by atoms with Crippen LogP contribution in [-0.4, -0.2) is 36.4 Å². The number of hydrogen-bond acceptors (Lipinski definition) is 4. The van der Waals surface area contributed by atoms with E-state index < -0.39 is 0 Å². The standard InChI is InChI=1S/C9H15NO3/c1-2-13-7(12)8-3-9(4-8,6-11)10-5-8/h10-11H,2-6H2,1H3. The number of rotatable bonds is 3. The summed E-state index contributed by atoms with van der Waals surface area (Å²) in [6, 6.07) is 0. The third-order valence-electron chi connectivity index (χ3n) is 3.17. The Labute approximate surface area is 77.3 Å². The maximum absolute atomic E-state index is 11.5. The van der Waals surface area contributed by atoms with E-state index in [-0.39, 0.29) is 23.5 Å². The van der Waals surface area contributed by atoms with E-state index in [4.69, 9.17) is 9.84 Å². The zero-order chi connectivity index (χ0) is 9.53. The van der Waals surface area contributed by atoms with Gasteiger partial charge >= 0.3 is 5.97 Å². The summed E-state index contributed by atoms with van der Waals surface area (Å²) in [7, 11) is 0. The van der Waals surface area contributed by atoms with E-state index in [2.05, 4.69) is 5.32 Å². The van der Waals surface area contributed by atoms with Gasteiger partial charge in [-0.2, -0.15) is 0 Å². The molecule has 3 fully saturated rings. The lowest BCUT2D eigenvalue weighted by Crippen LogP contribution is -2.53. The highest BCUT2D eigenvalue weighted by atomic mass is 16.5. The van der Waals surface area contributed by atoms with Gasteiger partial charge in [0, 0.05) is 12.1 Å². The molecule has 2 heterocycles. The van der Waals surface area contributed by atoms with Crippen LogP contribution in [0.2, 0.25) is 0 Å². The first kappa shape index (κ1) is 8.97. The van der Waals surface area contributed by atoms with E-state index in [1.165, 1.54) is 0 Å². The summed E-state index contributed by atoms with van der Waals surface area (Å²) in [6.45, 7) is 3.03. The molecule has 0 radical (unpaired) electrons. The number of carbonyl (C=O) groups excluding carboxylic acids is 1. The molecule has 2 saturated heterocycles. The summed E-state index contributed by atoms with van der Waals surface area (Å²) in [5.74, 6) is -0.107. The Hall–Kier alpha value is -0.610. The lowest BCUT2D eigenvalue weighted by atomic mass is 9.62. The van der Waals surface area contributed by atoms with Crippen molar-refractivity contribution in [3.8, 4) is 0 Å². The van der Waals surface area contributed by atoms with Crippen LogP contribution in [-0.2, 0) is 9.53 Å². The van der Waals surface area contributed by atoms with Gasteiger partial charge in [-0.3, -0.25) is 4.79 Å². The van der Waals surface area contributed by atoms with Gasteiger partial charge < -0.3 is 15.2 Å². The fourth-order valence-corrected chi connectivity index (χ4v) is 2.52. The molecule has 0 aromatic rings. The van der Waals surface area contributed by atoms with Crippen LogP contribution in [0.25, 0.3) is 0 Å². The molecule has 0 spiro atoms. The van der Waals surface area contributed by atoms with Crippen molar-refractivity contribution in [3.63, 3.8) is 0 Å². The monoisotopic (exact) mass is 185 g/mol. The molecule has 13 heavy (non-hydrogen) atoms. The summed E-state index contributed by atoms with van der Waals surface area (Å²) in [5, 5.41) is 12.3. The third-order valence-corrected chi connectivity index (χ3v) is 3.17. The van der Waals surface area contributed by atoms with Crippen LogP contribution >= 0.6 is 0 Å². The molecule has 4 nitrogen and oxygen atoms in total. The zero-order valence-electron chi connectivity index (χ0n) is 7.80. The van der Waals surface area contributed by atoms with Crippen LogP contribution in [0.15, 0.2) is 0 Å². The van der Waals surface area contributed by atoms with Gasteiger partial charge in [-0.1, -0.05) is 0 Å². The first-order chi connectivity index (χ1) is 6.16. The smallest absolute Gasteiger partial charge is 0.313 e. The molecule has 1 saturated carbocycles. The van der Waals surface area contributed by atoms with E-state index in [0.29, 0.717) is 13.2 Å². The number of esters is 1. The fraction of sp³-hybridized carbons (Fsp3) is 0.889. The van der Waals surface area contributed by atoms with Gasteiger partial charge in [-0.05, 0) is 19.8 Å². The molecular formula is C9H15NO3. The van der Waals surface area contributed by atoms with Crippen molar-refractivity contribution in [1.29, 1.82) is 0 Å². The zero-order valence-corrected chi connectivity index (χ0v) is 7.80. The Morgan fingerprint density at radius 3 is 2.77 bits per heavy atom. The molecule has 4 heteroatoms. The Morgan fingerprint density at radius 2 is 2.31 bits per heavy atom. The first-order valence-electron chi connectivity index (χ1n) is 4.70. The fourth-order valence-electron chi connectivity index (χ4n) is 2.52. The van der Waals surface area contributed by atoms with Gasteiger partial charge in [0.1, 0.15) is 0 Å². The van der Waals surface area contributed by atoms with E-state index in [1.807, 2.05) is 6.92 Å². The Bertz CT molecular complexity index is 233. The van der Waals surface area contributed by atoms with Gasteiger partial charge in [-0.25, -0.2) is 0 Å². The normalized spacial score (nSPS) is 41.4. The number of nitrogens with one attached hydrogen (secondary N) is 1. The number of hydrogen-bond donors (Lipinski definition) is 2. The maximum Gasteiger partial charge on any atom is 0.313 e. The second-order valence-electron chi connectivity index (χ2n) is 4.15. The van der Waals surface area contributed by atoms with Crippen LogP contribution in [0.3, 0.4) is 0 Å². The minimum absolute atomic E-state index is 0.107. The number of aliphatic hydroxyl groups is 1. The van der Waals surface area contributed by atoms with Crippen LogP contribution in [0.1, 0.15) is 19.8 Å². The summed E-state index contributed by atoms with van der Waals surface area (Å²) in [5.41, 5.74) is -0.495. The van der Waals surface area contributed by atoms with Crippen LogP contribution in [0, 0.1) is 5.41 Å². The van der Waals surface area contributed by atoms with Crippen molar-refractivity contribution in [1.82, 2.24) is 5.32 Å². The van der Waals surface area contributed by atoms with Gasteiger partial charge in [0.05, 0.1) is 18.6 Å². The largest absolute Gasteiger partial charge is 0.466 e. The predicted octanol–water partition coefficient (Wildman–Crippen LogP) is -0.336. The van der Waals surface area contributed by atoms with Crippen molar-refractivity contribution >= 4 is 5.97 Å². The van der Waals surface area contributed by atoms with Crippen molar-refractivity contribution in [2.75, 3.05) is 19.8 Å². The summed E-state index contributed by atoms with van der Waals surface area (Å²) < 4.78 is 5.00. The quantitative estimate of drug-likeness (QED) is 0.591. The number of ether oxygens (including phenoxy) is 1. The maximum atomic E-state index is 11.5. The Kier molecular flexibility index (Phi) is 1.85. The molecule has 0 atom stereocenters. The molecule has 74 valence electrons. The molecule has 0 aromatic carbocycles. The van der Waals surface area contributed by atoms with Crippen molar-refractivity contribution in [2.24, 2.45) is 5.41 Å². The summed E-state index contributed by atoms with van der Waals surface area (Å²) in [4.78, 5) is 11.5. The first-order valence-corrected chi connectivity index (χ1v) is 4.70. The van der Waals surface area contributed by atoms with E-state index in [0.717, 1.165) is 12.8 Å². The average molecular weight is 185 g/mol. The number of fused-ring (bicyclic) bond motifs is 1. The van der Waals surface area contributed by atoms with Crippen LogP contribution < -0.4 is 5.32 Å². The predicted molar refractivity (Wildman–Crippen MR) is 46.1 cm³/mol. The molecular weight excluding hydrogens is 170 g/mol. The second kappa shape index (κ2) is 2.69. The highest BCUT2D eigenvalue weighted by Crippen LogP contribution is 2.54. The molecule has 3 rings (SSSR count). The lowest BCUT2D eigenvalue weighted by Gasteiger charge is -2.42. The van der Waals surface area contributed by atoms with Crippen molar-refractivity contribution < 1.29 is 14.6 Å². The van der Waals surface area contributed by atoms with Crippen molar-refractivity contribution in [2.45, 2.75) is 25.3 Å². The van der Waals surface area contributed by atoms with E-state index in [9.17, 15) is 4.79 Å². The number of aliphatic hydroxyl groups excluding tert-OH is 1. The minimum Gasteiger partial charge on any atom is -0.466 e. The van der Waals surface area contributed by atoms with E-state index >= 15 is 0 Å². The van der Waals surface area contributed by atoms with Gasteiger partial charge in [-0.15, -0.1) is 0 Å². The molecule has 0 amide bonds. The number of carbonyl (C=O) groups is 1. The second-order valence-corrected chi connectivity index (χ2v) is 4.15. The molecule has 2 bridgehead atoms. The Morgan fingerprint density at radius 1 is 1.62 bits per heavy atom. The summed E-state index contributed by atoms with van der Waals surface area (Å²) >= 11 is 0. The van der Waals surface area contributed by atoms with Crippen LogP contribution in [0.4, 0.5) is 0 Å². The highest BCUT2D eigenvalue weighted by Gasteiger charge is 2.65. The third kappa shape index (κ3) is 1.09. The molecule has 2 aliphatic heterocycles. The van der Waals surface area contributed by atoms with Gasteiger partial charge in [0.15, 0.2) is 0 Å². The molecule has 3 aliphatic rings. The SMILES string of the molecule is CCOC(=O)C12CNC(CO)(C1)C2. The highest BCUT2D eigenvalue weighted by molar-refractivity contribution is 5.80. The summed E-state index contributed by atoms with van der Waals surface area (Å²) in [6.07, 6.45) is 1.46. The van der Waals surface area contributed by atoms with Gasteiger partial charge in [0.25, 0.3) is 0 Å². The van der Waals surface area contributed by atoms with Gasteiger partial charge in [0.2, 0.25) is 0 Å². The Balaban J connectivity index is 2.01. The molecule has 2 N–H and O–H groups in total. The average Bonchev–Trinajstić information content (AvgIpc) is 2.59. The molecule has 1 aliphatic carbocycles. The molecule has 0 unspecified atom stereocenters. The van der Waals surface area contributed by atoms with Crippen molar-refractivity contribution in [3.05, 3.63) is 0 Å².